The molecule has 122 valence electrons. The van der Waals surface area contributed by atoms with Gasteiger partial charge in [0.25, 0.3) is 0 Å². The number of aromatic nitrogens is 1. The monoisotopic (exact) mass is 351 g/mol. The molecular weight excluding hydrogens is 334 g/mol. The number of thioether (sulfide) groups is 1. The Hall–Kier alpha value is -1.59. The highest BCUT2D eigenvalue weighted by Gasteiger charge is 2.16. The molecule has 4 nitrogen and oxygen atoms in total. The second-order valence-corrected chi connectivity index (χ2v) is 6.69. The summed E-state index contributed by atoms with van der Waals surface area (Å²) < 4.78 is 16.6. The lowest BCUT2D eigenvalue weighted by Crippen LogP contribution is -2.15. The van der Waals surface area contributed by atoms with Crippen LogP contribution >= 0.6 is 23.4 Å². The summed E-state index contributed by atoms with van der Waals surface area (Å²) in [5, 5.41) is 0.663. The van der Waals surface area contributed by atoms with Crippen LogP contribution in [0.1, 0.15) is 16.8 Å². The molecule has 0 N–H and O–H groups in total. The molecule has 0 atom stereocenters. The van der Waals surface area contributed by atoms with E-state index in [1.807, 2.05) is 32.2 Å². The van der Waals surface area contributed by atoms with Crippen molar-refractivity contribution in [1.82, 2.24) is 4.98 Å². The highest BCUT2D eigenvalue weighted by Crippen LogP contribution is 2.40. The first-order valence-corrected chi connectivity index (χ1v) is 8.67. The standard InChI is InChI=1S/C17H18ClNO3S/c1-10-8-19-13(11(2)17(10)20-3)9-23-16-7-15-14(6-12(16)18)21-4-5-22-15/h6-8H,4-5,9H2,1-3H3. The largest absolute Gasteiger partial charge is 0.496 e. The first-order chi connectivity index (χ1) is 11.1. The molecule has 3 rings (SSSR count). The van der Waals surface area contributed by atoms with Crippen molar-refractivity contribution in [3.63, 3.8) is 0 Å². The fourth-order valence-electron chi connectivity index (χ4n) is 2.52. The zero-order valence-electron chi connectivity index (χ0n) is 13.3. The third kappa shape index (κ3) is 3.35. The van der Waals surface area contributed by atoms with Gasteiger partial charge in [-0.2, -0.15) is 0 Å². The van der Waals surface area contributed by atoms with E-state index in [0.717, 1.165) is 33.2 Å². The summed E-state index contributed by atoms with van der Waals surface area (Å²) in [6.45, 7) is 5.14. The van der Waals surface area contributed by atoms with E-state index in [1.54, 1.807) is 18.9 Å². The van der Waals surface area contributed by atoms with Crippen molar-refractivity contribution in [2.24, 2.45) is 0 Å². The molecule has 0 spiro atoms. The van der Waals surface area contributed by atoms with Crippen LogP contribution in [0.2, 0.25) is 5.02 Å². The summed E-state index contributed by atoms with van der Waals surface area (Å²) in [6, 6.07) is 3.75. The Morgan fingerprint density at radius 1 is 1.22 bits per heavy atom. The number of pyridine rings is 1. The van der Waals surface area contributed by atoms with E-state index in [4.69, 9.17) is 25.8 Å². The van der Waals surface area contributed by atoms with Crippen LogP contribution in [0.25, 0.3) is 0 Å². The maximum atomic E-state index is 6.35. The molecule has 1 aromatic heterocycles. The summed E-state index contributed by atoms with van der Waals surface area (Å²) in [5.74, 6) is 3.05. The van der Waals surface area contributed by atoms with Crippen LogP contribution in [0.5, 0.6) is 17.2 Å². The minimum absolute atomic E-state index is 0.558. The van der Waals surface area contributed by atoms with Gasteiger partial charge in [0.15, 0.2) is 11.5 Å². The molecule has 0 amide bonds. The van der Waals surface area contributed by atoms with Gasteiger partial charge in [0.1, 0.15) is 19.0 Å². The van der Waals surface area contributed by atoms with Crippen molar-refractivity contribution in [1.29, 1.82) is 0 Å². The Kier molecular flexibility index (Phi) is 4.87. The summed E-state index contributed by atoms with van der Waals surface area (Å²) in [6.07, 6.45) is 1.84. The van der Waals surface area contributed by atoms with Gasteiger partial charge >= 0.3 is 0 Å². The molecule has 0 unspecified atom stereocenters. The molecule has 1 aromatic carbocycles. The minimum Gasteiger partial charge on any atom is -0.496 e. The third-order valence-electron chi connectivity index (χ3n) is 3.71. The first kappa shape index (κ1) is 16.3. The van der Waals surface area contributed by atoms with Gasteiger partial charge in [0.05, 0.1) is 17.8 Å². The van der Waals surface area contributed by atoms with E-state index in [1.165, 1.54) is 0 Å². The maximum absolute atomic E-state index is 6.35. The van der Waals surface area contributed by atoms with Gasteiger partial charge in [0, 0.05) is 34.0 Å². The summed E-state index contributed by atoms with van der Waals surface area (Å²) in [7, 11) is 1.68. The molecule has 23 heavy (non-hydrogen) atoms. The van der Waals surface area contributed by atoms with Crippen molar-refractivity contribution in [2.75, 3.05) is 20.3 Å². The zero-order valence-corrected chi connectivity index (χ0v) is 14.9. The van der Waals surface area contributed by atoms with E-state index in [2.05, 4.69) is 4.98 Å². The molecular formula is C17H18ClNO3S. The van der Waals surface area contributed by atoms with E-state index >= 15 is 0 Å². The lowest BCUT2D eigenvalue weighted by molar-refractivity contribution is 0.171. The average Bonchev–Trinajstić information content (AvgIpc) is 2.55. The third-order valence-corrected chi connectivity index (χ3v) is 5.20. The number of nitrogens with zero attached hydrogens (tertiary/aromatic N) is 1. The number of methoxy groups -OCH3 is 1. The Morgan fingerprint density at radius 2 is 1.91 bits per heavy atom. The minimum atomic E-state index is 0.558. The number of benzene rings is 1. The smallest absolute Gasteiger partial charge is 0.162 e. The van der Waals surface area contributed by atoms with Gasteiger partial charge < -0.3 is 14.2 Å². The molecule has 0 aliphatic carbocycles. The number of rotatable bonds is 4. The van der Waals surface area contributed by atoms with E-state index in [-0.39, 0.29) is 0 Å². The highest BCUT2D eigenvalue weighted by molar-refractivity contribution is 7.98. The van der Waals surface area contributed by atoms with Gasteiger partial charge in [0.2, 0.25) is 0 Å². The summed E-state index contributed by atoms with van der Waals surface area (Å²) in [5.41, 5.74) is 3.09. The maximum Gasteiger partial charge on any atom is 0.162 e. The predicted octanol–water partition coefficient (Wildman–Crippen LogP) is 4.42. The normalized spacial score (nSPS) is 13.0. The number of aryl methyl sites for hydroxylation is 1. The Labute approximate surface area is 145 Å². The average molecular weight is 352 g/mol. The van der Waals surface area contributed by atoms with Gasteiger partial charge in [-0.3, -0.25) is 4.98 Å². The van der Waals surface area contributed by atoms with Crippen LogP contribution in [-0.2, 0) is 5.75 Å². The molecule has 0 bridgehead atoms. The van der Waals surface area contributed by atoms with E-state index in [0.29, 0.717) is 29.7 Å². The molecule has 1 aliphatic rings. The molecule has 0 radical (unpaired) electrons. The van der Waals surface area contributed by atoms with Crippen molar-refractivity contribution in [3.05, 3.63) is 40.2 Å². The SMILES string of the molecule is COc1c(C)cnc(CSc2cc3c(cc2Cl)OCCO3)c1C. The molecule has 1 aliphatic heterocycles. The number of hydrogen-bond acceptors (Lipinski definition) is 5. The Morgan fingerprint density at radius 3 is 2.61 bits per heavy atom. The van der Waals surface area contributed by atoms with Crippen molar-refractivity contribution in [3.8, 4) is 17.2 Å². The summed E-state index contributed by atoms with van der Waals surface area (Å²) >= 11 is 7.98. The molecule has 6 heteroatoms. The lowest BCUT2D eigenvalue weighted by atomic mass is 10.1. The topological polar surface area (TPSA) is 40.6 Å². The van der Waals surface area contributed by atoms with Gasteiger partial charge in [-0.15, -0.1) is 11.8 Å². The highest BCUT2D eigenvalue weighted by atomic mass is 35.5. The fourth-order valence-corrected chi connectivity index (χ4v) is 3.81. The van der Waals surface area contributed by atoms with Crippen molar-refractivity contribution in [2.45, 2.75) is 24.5 Å². The number of hydrogen-bond donors (Lipinski definition) is 0. The van der Waals surface area contributed by atoms with Crippen molar-refractivity contribution < 1.29 is 14.2 Å². The van der Waals surface area contributed by atoms with Crippen LogP contribution in [-0.4, -0.2) is 25.3 Å². The Balaban J connectivity index is 1.81. The molecule has 0 saturated carbocycles. The number of ether oxygens (including phenoxy) is 3. The number of halogens is 1. The fraction of sp³-hybridized carbons (Fsp3) is 0.353. The van der Waals surface area contributed by atoms with Gasteiger partial charge in [-0.25, -0.2) is 0 Å². The first-order valence-electron chi connectivity index (χ1n) is 7.31. The van der Waals surface area contributed by atoms with Crippen LogP contribution in [0.3, 0.4) is 0 Å². The molecule has 0 fully saturated rings. The lowest BCUT2D eigenvalue weighted by Gasteiger charge is -2.19. The predicted molar refractivity (Wildman–Crippen MR) is 92.3 cm³/mol. The van der Waals surface area contributed by atoms with Gasteiger partial charge in [-0.05, 0) is 19.9 Å². The second kappa shape index (κ2) is 6.89. The molecule has 0 saturated heterocycles. The van der Waals surface area contributed by atoms with Crippen LogP contribution < -0.4 is 14.2 Å². The second-order valence-electron chi connectivity index (χ2n) is 5.26. The van der Waals surface area contributed by atoms with Crippen LogP contribution in [0.4, 0.5) is 0 Å². The van der Waals surface area contributed by atoms with Crippen LogP contribution in [0.15, 0.2) is 23.2 Å². The van der Waals surface area contributed by atoms with E-state index in [9.17, 15) is 0 Å². The summed E-state index contributed by atoms with van der Waals surface area (Å²) in [4.78, 5) is 5.47. The number of fused-ring (bicyclic) bond motifs is 1. The van der Waals surface area contributed by atoms with Gasteiger partial charge in [-0.1, -0.05) is 11.6 Å². The van der Waals surface area contributed by atoms with Crippen molar-refractivity contribution >= 4 is 23.4 Å². The quantitative estimate of drug-likeness (QED) is 0.762. The molecule has 2 aromatic rings. The Bertz CT molecular complexity index is 736. The molecule has 2 heterocycles. The zero-order chi connectivity index (χ0) is 16.4. The van der Waals surface area contributed by atoms with Crippen LogP contribution in [0, 0.1) is 13.8 Å². The van der Waals surface area contributed by atoms with E-state index < -0.39 is 0 Å².